The molecule has 0 aliphatic rings. The molecule has 1 aromatic carbocycles. The van der Waals surface area contributed by atoms with Crippen LogP contribution in [0.25, 0.3) is 0 Å². The smallest absolute Gasteiger partial charge is 0.272 e. The molecule has 0 fully saturated rings. The lowest BCUT2D eigenvalue weighted by molar-refractivity contribution is -0.385. The van der Waals surface area contributed by atoms with Crippen LogP contribution in [0.5, 0.6) is 5.75 Å². The number of hydrogen-bond donors (Lipinski definition) is 2. The van der Waals surface area contributed by atoms with Gasteiger partial charge in [-0.2, -0.15) is 0 Å². The molecular formula is C11H14ClFN2O3. The zero-order valence-electron chi connectivity index (χ0n) is 9.51. The molecule has 1 rings (SSSR count). The lowest BCUT2D eigenvalue weighted by Gasteiger charge is -2.12. The fraction of sp³-hybridized carbons (Fsp3) is 0.273. The second-order valence-corrected chi connectivity index (χ2v) is 3.60. The van der Waals surface area contributed by atoms with Gasteiger partial charge < -0.3 is 10.8 Å². The Bertz CT molecular complexity index is 454. The number of nitro benzene ring substituents is 1. The minimum absolute atomic E-state index is 0. The molecule has 1 atom stereocenters. The van der Waals surface area contributed by atoms with Crippen LogP contribution in [0, 0.1) is 15.9 Å². The molecule has 3 N–H and O–H groups in total. The van der Waals surface area contributed by atoms with Crippen LogP contribution in [0.4, 0.5) is 10.1 Å². The van der Waals surface area contributed by atoms with Crippen molar-refractivity contribution in [2.45, 2.75) is 18.9 Å². The average molecular weight is 277 g/mol. The first-order valence-electron chi connectivity index (χ1n) is 5.00. The summed E-state index contributed by atoms with van der Waals surface area (Å²) in [6.45, 7) is 3.51. The Labute approximate surface area is 110 Å². The Hall–Kier alpha value is -1.66. The van der Waals surface area contributed by atoms with E-state index in [0.29, 0.717) is 18.9 Å². The number of phenols is 1. The standard InChI is InChI=1S/C11H13FN2O3.ClH/c1-2-3-4-10(13)8-5-7(14(16)17)6-9(12)11(8)15;/h2,5-6,10,15H,1,3-4,13H2;1H/t10-;/m1./s1. The third-order valence-corrected chi connectivity index (χ3v) is 2.37. The number of halogens is 2. The normalized spacial score (nSPS) is 11.4. The van der Waals surface area contributed by atoms with Crippen LogP contribution < -0.4 is 5.73 Å². The fourth-order valence-corrected chi connectivity index (χ4v) is 1.45. The SMILES string of the molecule is C=CCC[C@@H](N)c1cc([N+](=O)[O-])cc(F)c1O.Cl. The molecule has 0 aliphatic carbocycles. The predicted octanol–water partition coefficient (Wildman–Crippen LogP) is 2.83. The number of nitrogens with two attached hydrogens (primary N) is 1. The van der Waals surface area contributed by atoms with Gasteiger partial charge in [-0.05, 0) is 12.8 Å². The van der Waals surface area contributed by atoms with Gasteiger partial charge in [0.05, 0.1) is 11.0 Å². The minimum atomic E-state index is -1.04. The zero-order valence-corrected chi connectivity index (χ0v) is 10.3. The van der Waals surface area contributed by atoms with E-state index in [1.165, 1.54) is 0 Å². The van der Waals surface area contributed by atoms with E-state index < -0.39 is 28.2 Å². The van der Waals surface area contributed by atoms with E-state index in [0.717, 1.165) is 6.07 Å². The Balaban J connectivity index is 0.00000289. The Morgan fingerprint density at radius 3 is 2.72 bits per heavy atom. The molecule has 0 aliphatic heterocycles. The molecule has 0 saturated carbocycles. The lowest BCUT2D eigenvalue weighted by Crippen LogP contribution is -2.11. The maximum atomic E-state index is 13.3. The summed E-state index contributed by atoms with van der Waals surface area (Å²) in [5.41, 5.74) is 5.34. The van der Waals surface area contributed by atoms with Gasteiger partial charge in [-0.1, -0.05) is 6.08 Å². The molecular weight excluding hydrogens is 263 g/mol. The van der Waals surface area contributed by atoms with Crippen LogP contribution in [0.15, 0.2) is 24.8 Å². The summed E-state index contributed by atoms with van der Waals surface area (Å²) in [5.74, 6) is -1.67. The maximum Gasteiger partial charge on any atom is 0.272 e. The molecule has 100 valence electrons. The zero-order chi connectivity index (χ0) is 13.0. The summed E-state index contributed by atoms with van der Waals surface area (Å²) in [6.07, 6.45) is 2.63. The van der Waals surface area contributed by atoms with Crippen molar-refractivity contribution in [2.75, 3.05) is 0 Å². The number of hydrogen-bond acceptors (Lipinski definition) is 4. The number of allylic oxidation sites excluding steroid dienone is 1. The molecule has 0 saturated heterocycles. The van der Waals surface area contributed by atoms with Crippen molar-refractivity contribution in [2.24, 2.45) is 5.73 Å². The fourth-order valence-electron chi connectivity index (χ4n) is 1.45. The van der Waals surface area contributed by atoms with Crippen LogP contribution in [-0.4, -0.2) is 10.0 Å². The van der Waals surface area contributed by atoms with Crippen molar-refractivity contribution in [1.29, 1.82) is 0 Å². The van der Waals surface area contributed by atoms with E-state index in [1.54, 1.807) is 6.08 Å². The highest BCUT2D eigenvalue weighted by atomic mass is 35.5. The second kappa shape index (κ2) is 6.93. The molecule has 0 amide bonds. The molecule has 7 heteroatoms. The van der Waals surface area contributed by atoms with E-state index >= 15 is 0 Å². The summed E-state index contributed by atoms with van der Waals surface area (Å²) in [6, 6.07) is 1.09. The number of phenolic OH excluding ortho intramolecular Hbond substituents is 1. The molecule has 1 aromatic rings. The third-order valence-electron chi connectivity index (χ3n) is 2.37. The van der Waals surface area contributed by atoms with Crippen LogP contribution >= 0.6 is 12.4 Å². The highest BCUT2D eigenvalue weighted by molar-refractivity contribution is 5.85. The Kier molecular flexibility index (Phi) is 6.29. The van der Waals surface area contributed by atoms with Crippen molar-refractivity contribution in [1.82, 2.24) is 0 Å². The summed E-state index contributed by atoms with van der Waals surface area (Å²) >= 11 is 0. The quantitative estimate of drug-likeness (QED) is 0.491. The van der Waals surface area contributed by atoms with Gasteiger partial charge in [0, 0.05) is 17.7 Å². The second-order valence-electron chi connectivity index (χ2n) is 3.60. The summed E-state index contributed by atoms with van der Waals surface area (Å²) in [7, 11) is 0. The first kappa shape index (κ1) is 16.3. The third kappa shape index (κ3) is 3.68. The summed E-state index contributed by atoms with van der Waals surface area (Å²) in [5, 5.41) is 20.0. The van der Waals surface area contributed by atoms with Gasteiger partial charge in [-0.25, -0.2) is 4.39 Å². The topological polar surface area (TPSA) is 89.4 Å². The average Bonchev–Trinajstić information content (AvgIpc) is 2.29. The summed E-state index contributed by atoms with van der Waals surface area (Å²) in [4.78, 5) is 9.82. The van der Waals surface area contributed by atoms with Gasteiger partial charge in [-0.3, -0.25) is 10.1 Å². The Morgan fingerprint density at radius 1 is 1.61 bits per heavy atom. The number of nitro groups is 1. The molecule has 0 spiro atoms. The van der Waals surface area contributed by atoms with Crippen molar-refractivity contribution >= 4 is 18.1 Å². The van der Waals surface area contributed by atoms with Gasteiger partial charge >= 0.3 is 0 Å². The highest BCUT2D eigenvalue weighted by Gasteiger charge is 2.19. The molecule has 0 heterocycles. The van der Waals surface area contributed by atoms with Crippen LogP contribution in [0.3, 0.4) is 0 Å². The van der Waals surface area contributed by atoms with Crippen LogP contribution in [0.2, 0.25) is 0 Å². The highest BCUT2D eigenvalue weighted by Crippen LogP contribution is 2.32. The van der Waals surface area contributed by atoms with Gasteiger partial charge in [0.1, 0.15) is 0 Å². The monoisotopic (exact) mass is 276 g/mol. The number of benzene rings is 1. The van der Waals surface area contributed by atoms with Gasteiger partial charge in [0.25, 0.3) is 5.69 Å². The van der Waals surface area contributed by atoms with Crippen LogP contribution in [0.1, 0.15) is 24.4 Å². The van der Waals surface area contributed by atoms with E-state index in [9.17, 15) is 19.6 Å². The molecule has 18 heavy (non-hydrogen) atoms. The van der Waals surface area contributed by atoms with Gasteiger partial charge in [0.2, 0.25) is 0 Å². The van der Waals surface area contributed by atoms with Crippen molar-refractivity contribution in [3.05, 3.63) is 46.3 Å². The van der Waals surface area contributed by atoms with E-state index in [1.807, 2.05) is 0 Å². The molecule has 0 aromatic heterocycles. The minimum Gasteiger partial charge on any atom is -0.505 e. The number of non-ortho nitro benzene ring substituents is 1. The Morgan fingerprint density at radius 2 is 2.22 bits per heavy atom. The van der Waals surface area contributed by atoms with Crippen molar-refractivity contribution < 1.29 is 14.4 Å². The first-order valence-corrected chi connectivity index (χ1v) is 5.00. The molecule has 0 unspecified atom stereocenters. The number of aromatic hydroxyl groups is 1. The molecule has 0 bridgehead atoms. The van der Waals surface area contributed by atoms with Crippen molar-refractivity contribution in [3.63, 3.8) is 0 Å². The molecule has 5 nitrogen and oxygen atoms in total. The van der Waals surface area contributed by atoms with E-state index in [2.05, 4.69) is 6.58 Å². The summed E-state index contributed by atoms with van der Waals surface area (Å²) < 4.78 is 13.3. The number of nitrogens with zero attached hydrogens (tertiary/aromatic N) is 1. The van der Waals surface area contributed by atoms with E-state index in [-0.39, 0.29) is 18.0 Å². The van der Waals surface area contributed by atoms with Gasteiger partial charge in [0.15, 0.2) is 11.6 Å². The first-order chi connectivity index (χ1) is 7.97. The maximum absolute atomic E-state index is 13.3. The number of rotatable bonds is 5. The van der Waals surface area contributed by atoms with Crippen molar-refractivity contribution in [3.8, 4) is 5.75 Å². The van der Waals surface area contributed by atoms with Crippen LogP contribution in [-0.2, 0) is 0 Å². The van der Waals surface area contributed by atoms with E-state index in [4.69, 9.17) is 5.73 Å². The largest absolute Gasteiger partial charge is 0.505 e. The van der Waals surface area contributed by atoms with Gasteiger partial charge in [-0.15, -0.1) is 19.0 Å². The lowest BCUT2D eigenvalue weighted by atomic mass is 10.0. The molecule has 0 radical (unpaired) electrons. The predicted molar refractivity (Wildman–Crippen MR) is 68.3 cm³/mol.